The summed E-state index contributed by atoms with van der Waals surface area (Å²) in [5, 5.41) is 17.0. The van der Waals surface area contributed by atoms with E-state index in [1.165, 1.54) is 0 Å². The molecule has 0 atom stereocenters. The van der Waals surface area contributed by atoms with Crippen molar-refractivity contribution in [3.63, 3.8) is 0 Å². The van der Waals surface area contributed by atoms with Crippen molar-refractivity contribution in [2.75, 3.05) is 0 Å². The van der Waals surface area contributed by atoms with Gasteiger partial charge in [-0.15, -0.1) is 0 Å². The van der Waals surface area contributed by atoms with E-state index in [1.807, 2.05) is 13.8 Å². The van der Waals surface area contributed by atoms with Gasteiger partial charge in [0.05, 0.1) is 0 Å². The Morgan fingerprint density at radius 3 is 1.93 bits per heavy atom. The van der Waals surface area contributed by atoms with Crippen molar-refractivity contribution in [3.8, 4) is 0 Å². The highest BCUT2D eigenvalue weighted by atomic mass is 16.4. The molecule has 0 aliphatic heterocycles. The lowest BCUT2D eigenvalue weighted by atomic mass is 9.82. The van der Waals surface area contributed by atoms with Crippen LogP contribution < -0.4 is 0 Å². The fraction of sp³-hybridized carbons (Fsp3) is 0.818. The van der Waals surface area contributed by atoms with Crippen LogP contribution in [0.1, 0.15) is 52.4 Å². The molecule has 0 aliphatic rings. The Kier molecular flexibility index (Phi) is 5.97. The van der Waals surface area contributed by atoms with Crippen molar-refractivity contribution in [1.82, 2.24) is 0 Å². The summed E-state index contributed by atoms with van der Waals surface area (Å²) in [6, 6.07) is 0. The highest BCUT2D eigenvalue weighted by molar-refractivity contribution is 5.66. The fourth-order valence-corrected chi connectivity index (χ4v) is 1.45. The van der Waals surface area contributed by atoms with Crippen molar-refractivity contribution >= 4 is 11.9 Å². The van der Waals surface area contributed by atoms with Crippen molar-refractivity contribution in [2.45, 2.75) is 52.4 Å². The van der Waals surface area contributed by atoms with Crippen LogP contribution in [0.5, 0.6) is 0 Å². The molecule has 0 aromatic carbocycles. The van der Waals surface area contributed by atoms with Crippen LogP contribution in [0.25, 0.3) is 0 Å². The van der Waals surface area contributed by atoms with Gasteiger partial charge in [-0.05, 0) is 24.7 Å². The summed E-state index contributed by atoms with van der Waals surface area (Å²) in [4.78, 5) is 20.6. The minimum absolute atomic E-state index is 0.00308. The molecule has 4 heteroatoms. The van der Waals surface area contributed by atoms with Gasteiger partial charge in [-0.3, -0.25) is 9.59 Å². The number of hydrogen-bond donors (Lipinski definition) is 2. The third kappa shape index (κ3) is 9.25. The predicted molar refractivity (Wildman–Crippen MR) is 56.8 cm³/mol. The standard InChI is InChI=1S/C11H20O4/c1-11(2,8-6-10(14)15)7-4-3-5-9(12)13/h3-8H2,1-2H3,(H,12,13)(H,14,15). The second-order valence-electron chi connectivity index (χ2n) is 4.66. The molecule has 0 aromatic rings. The van der Waals surface area contributed by atoms with Crippen LogP contribution in [0.15, 0.2) is 0 Å². The molecule has 0 aliphatic carbocycles. The lowest BCUT2D eigenvalue weighted by Gasteiger charge is -2.23. The van der Waals surface area contributed by atoms with Gasteiger partial charge in [0, 0.05) is 12.8 Å². The van der Waals surface area contributed by atoms with Gasteiger partial charge in [-0.25, -0.2) is 0 Å². The lowest BCUT2D eigenvalue weighted by Crippen LogP contribution is -2.13. The molecule has 0 fully saturated rings. The average molecular weight is 216 g/mol. The van der Waals surface area contributed by atoms with Crippen LogP contribution in [-0.2, 0) is 9.59 Å². The molecule has 4 nitrogen and oxygen atoms in total. The van der Waals surface area contributed by atoms with Crippen LogP contribution in [0, 0.1) is 5.41 Å². The molecule has 0 amide bonds. The summed E-state index contributed by atoms with van der Waals surface area (Å²) < 4.78 is 0. The molecule has 15 heavy (non-hydrogen) atoms. The molecular formula is C11H20O4. The first-order chi connectivity index (χ1) is 6.83. The van der Waals surface area contributed by atoms with Crippen LogP contribution >= 0.6 is 0 Å². The predicted octanol–water partition coefficient (Wildman–Crippen LogP) is 2.52. The van der Waals surface area contributed by atoms with E-state index in [4.69, 9.17) is 10.2 Å². The van der Waals surface area contributed by atoms with Gasteiger partial charge in [0.2, 0.25) is 0 Å². The minimum atomic E-state index is -0.770. The zero-order valence-electron chi connectivity index (χ0n) is 9.45. The van der Waals surface area contributed by atoms with Crippen LogP contribution in [-0.4, -0.2) is 22.2 Å². The molecule has 0 bridgehead atoms. The number of carboxylic acids is 2. The molecule has 0 unspecified atom stereocenters. The van der Waals surface area contributed by atoms with Gasteiger partial charge >= 0.3 is 11.9 Å². The van der Waals surface area contributed by atoms with E-state index in [0.717, 1.165) is 12.8 Å². The Balaban J connectivity index is 3.64. The highest BCUT2D eigenvalue weighted by Gasteiger charge is 2.18. The average Bonchev–Trinajstić information content (AvgIpc) is 2.09. The van der Waals surface area contributed by atoms with Crippen LogP contribution in [0.2, 0.25) is 0 Å². The molecule has 88 valence electrons. The second-order valence-corrected chi connectivity index (χ2v) is 4.66. The number of rotatable bonds is 8. The monoisotopic (exact) mass is 216 g/mol. The normalized spacial score (nSPS) is 11.3. The third-order valence-corrected chi connectivity index (χ3v) is 2.51. The van der Waals surface area contributed by atoms with Crippen molar-refractivity contribution < 1.29 is 19.8 Å². The number of aliphatic carboxylic acids is 2. The maximum atomic E-state index is 10.4. The van der Waals surface area contributed by atoms with E-state index >= 15 is 0 Å². The molecular weight excluding hydrogens is 196 g/mol. The van der Waals surface area contributed by atoms with Gasteiger partial charge < -0.3 is 10.2 Å². The number of carboxylic acid groups (broad SMARTS) is 2. The Hall–Kier alpha value is -1.06. The smallest absolute Gasteiger partial charge is 0.303 e. The maximum Gasteiger partial charge on any atom is 0.303 e. The first kappa shape index (κ1) is 13.9. The molecule has 0 aromatic heterocycles. The minimum Gasteiger partial charge on any atom is -0.481 e. The van der Waals surface area contributed by atoms with E-state index in [9.17, 15) is 9.59 Å². The van der Waals surface area contributed by atoms with Crippen molar-refractivity contribution in [3.05, 3.63) is 0 Å². The van der Waals surface area contributed by atoms with Crippen LogP contribution in [0.3, 0.4) is 0 Å². The summed E-state index contributed by atoms with van der Waals surface area (Å²) in [5.74, 6) is -1.54. The quantitative estimate of drug-likeness (QED) is 0.611. The summed E-state index contributed by atoms with van der Waals surface area (Å²) in [7, 11) is 0. The third-order valence-electron chi connectivity index (χ3n) is 2.51. The lowest BCUT2D eigenvalue weighted by molar-refractivity contribution is -0.138. The number of unbranched alkanes of at least 4 members (excludes halogenated alkanes) is 1. The zero-order valence-corrected chi connectivity index (χ0v) is 9.45. The molecule has 0 heterocycles. The number of carbonyl (C=O) groups is 2. The molecule has 0 spiro atoms. The van der Waals surface area contributed by atoms with Crippen LogP contribution in [0.4, 0.5) is 0 Å². The van der Waals surface area contributed by atoms with E-state index in [2.05, 4.69) is 0 Å². The summed E-state index contributed by atoms with van der Waals surface area (Å²) in [6.45, 7) is 4.05. The Bertz CT molecular complexity index is 221. The first-order valence-electron chi connectivity index (χ1n) is 5.27. The van der Waals surface area contributed by atoms with Gasteiger partial charge in [-0.2, -0.15) is 0 Å². The van der Waals surface area contributed by atoms with Crippen molar-refractivity contribution in [1.29, 1.82) is 0 Å². The first-order valence-corrected chi connectivity index (χ1v) is 5.27. The Morgan fingerprint density at radius 2 is 1.47 bits per heavy atom. The largest absolute Gasteiger partial charge is 0.481 e. The molecule has 0 saturated carbocycles. The molecule has 0 rings (SSSR count). The SMILES string of the molecule is CC(C)(CCCCC(=O)O)CCC(=O)O. The topological polar surface area (TPSA) is 74.6 Å². The summed E-state index contributed by atoms with van der Waals surface area (Å²) >= 11 is 0. The Morgan fingerprint density at radius 1 is 0.933 bits per heavy atom. The number of hydrogen-bond acceptors (Lipinski definition) is 2. The van der Waals surface area contributed by atoms with Gasteiger partial charge in [0.25, 0.3) is 0 Å². The van der Waals surface area contributed by atoms with E-state index in [1.54, 1.807) is 0 Å². The highest BCUT2D eigenvalue weighted by Crippen LogP contribution is 2.29. The Labute approximate surface area is 90.3 Å². The molecule has 2 N–H and O–H groups in total. The van der Waals surface area contributed by atoms with E-state index in [0.29, 0.717) is 12.8 Å². The summed E-state index contributed by atoms with van der Waals surface area (Å²) in [6.07, 6.45) is 3.44. The van der Waals surface area contributed by atoms with Crippen molar-refractivity contribution in [2.24, 2.45) is 5.41 Å². The zero-order chi connectivity index (χ0) is 11.9. The van der Waals surface area contributed by atoms with E-state index < -0.39 is 11.9 Å². The van der Waals surface area contributed by atoms with Gasteiger partial charge in [0.1, 0.15) is 0 Å². The summed E-state index contributed by atoms with van der Waals surface area (Å²) in [5.41, 5.74) is -0.00308. The molecule has 0 radical (unpaired) electrons. The van der Waals surface area contributed by atoms with E-state index in [-0.39, 0.29) is 18.3 Å². The maximum absolute atomic E-state index is 10.4. The van der Waals surface area contributed by atoms with Gasteiger partial charge in [0.15, 0.2) is 0 Å². The fourth-order valence-electron chi connectivity index (χ4n) is 1.45. The molecule has 0 saturated heterocycles. The van der Waals surface area contributed by atoms with Gasteiger partial charge in [-0.1, -0.05) is 20.3 Å². The second kappa shape index (κ2) is 6.43.